The van der Waals surface area contributed by atoms with Crippen molar-refractivity contribution < 1.29 is 9.47 Å². The van der Waals surface area contributed by atoms with Crippen molar-refractivity contribution in [2.24, 2.45) is 4.99 Å². The molecule has 0 bridgehead atoms. The fourth-order valence-electron chi connectivity index (χ4n) is 2.22. The molecular formula is C17H30IN3O2. The van der Waals surface area contributed by atoms with Crippen LogP contribution < -0.4 is 9.47 Å². The lowest BCUT2D eigenvalue weighted by Crippen LogP contribution is -2.35. The lowest BCUT2D eigenvalue weighted by molar-refractivity contribution is 0.287. The largest absolute Gasteiger partial charge is 0.490 e. The summed E-state index contributed by atoms with van der Waals surface area (Å²) in [6, 6.07) is 6.11. The minimum atomic E-state index is 0. The normalized spacial score (nSPS) is 9.65. The highest BCUT2D eigenvalue weighted by Gasteiger charge is 2.07. The quantitative estimate of drug-likeness (QED) is 0.375. The summed E-state index contributed by atoms with van der Waals surface area (Å²) >= 11 is 0. The van der Waals surface area contributed by atoms with E-state index in [1.54, 1.807) is 0 Å². The predicted molar refractivity (Wildman–Crippen MR) is 108 cm³/mol. The first-order valence-corrected chi connectivity index (χ1v) is 7.77. The third kappa shape index (κ3) is 7.28. The second-order valence-corrected chi connectivity index (χ2v) is 5.37. The van der Waals surface area contributed by atoms with Gasteiger partial charge in [-0.3, -0.25) is 4.99 Å². The SMILES string of the molecule is CCOc1ccc(CCN=C(N(C)C)N(C)C)cc1OCC.I. The highest BCUT2D eigenvalue weighted by Crippen LogP contribution is 2.28. The second-order valence-electron chi connectivity index (χ2n) is 5.37. The molecule has 0 atom stereocenters. The Balaban J connectivity index is 0.00000484. The van der Waals surface area contributed by atoms with E-state index in [9.17, 15) is 0 Å². The molecule has 0 fully saturated rings. The summed E-state index contributed by atoms with van der Waals surface area (Å²) in [7, 11) is 8.01. The molecule has 0 unspecified atom stereocenters. The van der Waals surface area contributed by atoms with Gasteiger partial charge in [0.25, 0.3) is 0 Å². The molecule has 0 heterocycles. The van der Waals surface area contributed by atoms with E-state index in [4.69, 9.17) is 9.47 Å². The van der Waals surface area contributed by atoms with E-state index >= 15 is 0 Å². The van der Waals surface area contributed by atoms with Gasteiger partial charge in [0, 0.05) is 34.7 Å². The molecule has 1 aromatic rings. The van der Waals surface area contributed by atoms with Gasteiger partial charge in [-0.25, -0.2) is 0 Å². The maximum Gasteiger partial charge on any atom is 0.195 e. The van der Waals surface area contributed by atoms with E-state index in [-0.39, 0.29) is 24.0 Å². The molecule has 0 aliphatic carbocycles. The Morgan fingerprint density at radius 3 is 2.04 bits per heavy atom. The lowest BCUT2D eigenvalue weighted by atomic mass is 10.1. The van der Waals surface area contributed by atoms with Crippen molar-refractivity contribution in [2.45, 2.75) is 20.3 Å². The third-order valence-corrected chi connectivity index (χ3v) is 3.06. The summed E-state index contributed by atoms with van der Waals surface area (Å²) in [6.07, 6.45) is 0.873. The van der Waals surface area contributed by atoms with Gasteiger partial charge in [-0.05, 0) is 38.0 Å². The Morgan fingerprint density at radius 1 is 0.957 bits per heavy atom. The highest BCUT2D eigenvalue weighted by molar-refractivity contribution is 14.0. The first-order valence-electron chi connectivity index (χ1n) is 7.77. The maximum atomic E-state index is 5.66. The van der Waals surface area contributed by atoms with Crippen LogP contribution in [0.4, 0.5) is 0 Å². The van der Waals surface area contributed by atoms with Gasteiger partial charge in [0.1, 0.15) is 0 Å². The van der Waals surface area contributed by atoms with Crippen LogP contribution in [0.1, 0.15) is 19.4 Å². The van der Waals surface area contributed by atoms with Crippen molar-refractivity contribution in [1.29, 1.82) is 0 Å². The summed E-state index contributed by atoms with van der Waals surface area (Å²) in [5.41, 5.74) is 1.20. The lowest BCUT2D eigenvalue weighted by Gasteiger charge is -2.22. The number of nitrogens with zero attached hydrogens (tertiary/aromatic N) is 3. The van der Waals surface area contributed by atoms with Crippen LogP contribution in [0.5, 0.6) is 11.5 Å². The van der Waals surface area contributed by atoms with Crippen LogP contribution in [0.15, 0.2) is 23.2 Å². The fourth-order valence-corrected chi connectivity index (χ4v) is 2.22. The molecule has 23 heavy (non-hydrogen) atoms. The van der Waals surface area contributed by atoms with Crippen molar-refractivity contribution in [3.05, 3.63) is 23.8 Å². The number of hydrogen-bond donors (Lipinski definition) is 0. The van der Waals surface area contributed by atoms with E-state index in [2.05, 4.69) is 17.1 Å². The zero-order valence-electron chi connectivity index (χ0n) is 15.1. The van der Waals surface area contributed by atoms with E-state index in [0.29, 0.717) is 13.2 Å². The topological polar surface area (TPSA) is 37.3 Å². The number of ether oxygens (including phenoxy) is 2. The Labute approximate surface area is 157 Å². The molecule has 0 radical (unpaired) electrons. The van der Waals surface area contributed by atoms with Crippen LogP contribution in [0, 0.1) is 0 Å². The van der Waals surface area contributed by atoms with Gasteiger partial charge in [-0.1, -0.05) is 6.07 Å². The number of halogens is 1. The first kappa shape index (κ1) is 21.8. The molecule has 1 aromatic carbocycles. The Bertz CT molecular complexity index is 481. The van der Waals surface area contributed by atoms with Crippen LogP contribution in [-0.2, 0) is 6.42 Å². The molecule has 0 spiro atoms. The molecule has 0 aromatic heterocycles. The zero-order chi connectivity index (χ0) is 16.5. The van der Waals surface area contributed by atoms with E-state index in [1.165, 1.54) is 5.56 Å². The molecule has 0 N–H and O–H groups in total. The van der Waals surface area contributed by atoms with Gasteiger partial charge in [0.2, 0.25) is 0 Å². The molecule has 0 aliphatic rings. The van der Waals surface area contributed by atoms with E-state index < -0.39 is 0 Å². The summed E-state index contributed by atoms with van der Waals surface area (Å²) in [4.78, 5) is 8.68. The molecule has 1 rings (SSSR count). The van der Waals surface area contributed by atoms with Gasteiger partial charge in [0.05, 0.1) is 13.2 Å². The molecular weight excluding hydrogens is 405 g/mol. The summed E-state index contributed by atoms with van der Waals surface area (Å²) in [5.74, 6) is 2.58. The smallest absolute Gasteiger partial charge is 0.195 e. The van der Waals surface area contributed by atoms with Crippen molar-refractivity contribution in [3.63, 3.8) is 0 Å². The van der Waals surface area contributed by atoms with Crippen LogP contribution >= 0.6 is 24.0 Å². The summed E-state index contributed by atoms with van der Waals surface area (Å²) < 4.78 is 11.2. The number of hydrogen-bond acceptors (Lipinski definition) is 3. The molecule has 6 heteroatoms. The monoisotopic (exact) mass is 435 g/mol. The van der Waals surface area contributed by atoms with Crippen molar-refractivity contribution >= 4 is 29.9 Å². The zero-order valence-corrected chi connectivity index (χ0v) is 17.5. The van der Waals surface area contributed by atoms with Crippen LogP contribution in [0.2, 0.25) is 0 Å². The predicted octanol–water partition coefficient (Wildman–Crippen LogP) is 3.12. The third-order valence-electron chi connectivity index (χ3n) is 3.06. The molecule has 0 saturated carbocycles. The number of benzene rings is 1. The van der Waals surface area contributed by atoms with Gasteiger partial charge < -0.3 is 19.3 Å². The molecule has 0 aliphatic heterocycles. The first-order chi connectivity index (χ1) is 10.5. The van der Waals surface area contributed by atoms with Gasteiger partial charge in [-0.2, -0.15) is 0 Å². The standard InChI is InChI=1S/C17H29N3O2.HI/c1-7-21-15-10-9-14(13-16(15)22-8-2)11-12-18-17(19(3)4)20(5)6;/h9-10,13H,7-8,11-12H2,1-6H3;1H. The van der Waals surface area contributed by atoms with Gasteiger partial charge >= 0.3 is 0 Å². The van der Waals surface area contributed by atoms with Crippen molar-refractivity contribution in [1.82, 2.24) is 9.80 Å². The Morgan fingerprint density at radius 2 is 1.52 bits per heavy atom. The van der Waals surface area contributed by atoms with Gasteiger partial charge in [0.15, 0.2) is 17.5 Å². The second kappa shape index (κ2) is 11.4. The average molecular weight is 435 g/mol. The maximum absolute atomic E-state index is 5.66. The number of aliphatic imine (C=N–C) groups is 1. The van der Waals surface area contributed by atoms with Crippen LogP contribution in [0.25, 0.3) is 0 Å². The fraction of sp³-hybridized carbons (Fsp3) is 0.588. The summed E-state index contributed by atoms with van der Waals surface area (Å²) in [5, 5.41) is 0. The van der Waals surface area contributed by atoms with Crippen LogP contribution in [-0.4, -0.2) is 63.7 Å². The Kier molecular flexibility index (Phi) is 10.8. The minimum Gasteiger partial charge on any atom is -0.490 e. The van der Waals surface area contributed by atoms with E-state index in [0.717, 1.165) is 30.4 Å². The number of rotatable bonds is 7. The van der Waals surface area contributed by atoms with E-state index in [1.807, 2.05) is 57.9 Å². The molecule has 5 nitrogen and oxygen atoms in total. The van der Waals surface area contributed by atoms with Gasteiger partial charge in [-0.15, -0.1) is 24.0 Å². The summed E-state index contributed by atoms with van der Waals surface area (Å²) in [6.45, 7) is 5.96. The van der Waals surface area contributed by atoms with Crippen LogP contribution in [0.3, 0.4) is 0 Å². The molecule has 0 amide bonds. The average Bonchev–Trinajstić information content (AvgIpc) is 2.45. The van der Waals surface area contributed by atoms with Crippen molar-refractivity contribution in [2.75, 3.05) is 47.9 Å². The Hall–Kier alpha value is -1.18. The molecule has 132 valence electrons. The molecule has 0 saturated heterocycles. The minimum absolute atomic E-state index is 0. The van der Waals surface area contributed by atoms with Crippen molar-refractivity contribution in [3.8, 4) is 11.5 Å². The highest BCUT2D eigenvalue weighted by atomic mass is 127. The number of guanidine groups is 1.